The Hall–Kier alpha value is -2.08. The number of nitrogens with one attached hydrogen (secondary N) is 1. The Bertz CT molecular complexity index is 728. The van der Waals surface area contributed by atoms with Gasteiger partial charge in [0.2, 0.25) is 0 Å². The van der Waals surface area contributed by atoms with Crippen LogP contribution < -0.4 is 11.1 Å². The summed E-state index contributed by atoms with van der Waals surface area (Å²) in [6, 6.07) is 7.36. The zero-order valence-corrected chi connectivity index (χ0v) is 13.0. The van der Waals surface area contributed by atoms with Gasteiger partial charge >= 0.3 is 11.7 Å². The van der Waals surface area contributed by atoms with E-state index in [-0.39, 0.29) is 17.6 Å². The average molecular weight is 318 g/mol. The molecule has 6 nitrogen and oxygen atoms in total. The lowest BCUT2D eigenvalue weighted by Gasteiger charge is -2.18. The maximum absolute atomic E-state index is 11.9. The van der Waals surface area contributed by atoms with Crippen LogP contribution in [0, 0.1) is 11.8 Å². The van der Waals surface area contributed by atoms with E-state index < -0.39 is 5.97 Å². The summed E-state index contributed by atoms with van der Waals surface area (Å²) in [6.45, 7) is 2.26. The van der Waals surface area contributed by atoms with Crippen molar-refractivity contribution in [2.75, 3.05) is 13.1 Å². The SMILES string of the molecule is O=C(O)[C@@H](CCCCn1c(=O)oc2ccccc21)[C@H]1CCNC1. The Morgan fingerprint density at radius 1 is 1.39 bits per heavy atom. The summed E-state index contributed by atoms with van der Waals surface area (Å²) in [5, 5.41) is 12.6. The highest BCUT2D eigenvalue weighted by Gasteiger charge is 2.29. The van der Waals surface area contributed by atoms with Gasteiger partial charge in [0.05, 0.1) is 11.4 Å². The smallest absolute Gasteiger partial charge is 0.419 e. The van der Waals surface area contributed by atoms with Gasteiger partial charge in [0, 0.05) is 6.54 Å². The number of aryl methyl sites for hydroxylation is 1. The number of carbonyl (C=O) groups is 1. The van der Waals surface area contributed by atoms with Gasteiger partial charge in [-0.2, -0.15) is 0 Å². The fraction of sp³-hybridized carbons (Fsp3) is 0.529. The van der Waals surface area contributed by atoms with Crippen molar-refractivity contribution in [3.63, 3.8) is 0 Å². The first kappa shape index (κ1) is 15.8. The number of rotatable bonds is 7. The predicted molar refractivity (Wildman–Crippen MR) is 86.4 cm³/mol. The van der Waals surface area contributed by atoms with E-state index >= 15 is 0 Å². The van der Waals surface area contributed by atoms with Gasteiger partial charge in [0.1, 0.15) is 0 Å². The number of fused-ring (bicyclic) bond motifs is 1. The maximum atomic E-state index is 11.9. The Labute approximate surface area is 134 Å². The van der Waals surface area contributed by atoms with Crippen LogP contribution in [0.5, 0.6) is 0 Å². The molecule has 0 unspecified atom stereocenters. The van der Waals surface area contributed by atoms with Gasteiger partial charge in [-0.3, -0.25) is 9.36 Å². The van der Waals surface area contributed by atoms with Crippen LogP contribution in [0.1, 0.15) is 25.7 Å². The molecule has 0 bridgehead atoms. The minimum absolute atomic E-state index is 0.227. The summed E-state index contributed by atoms with van der Waals surface area (Å²) in [5.74, 6) is -1.11. The predicted octanol–water partition coefficient (Wildman–Crippen LogP) is 2.08. The lowest BCUT2D eigenvalue weighted by Crippen LogP contribution is -2.25. The monoisotopic (exact) mass is 318 g/mol. The molecule has 1 fully saturated rings. The summed E-state index contributed by atoms with van der Waals surface area (Å²) < 4.78 is 6.83. The number of oxazole rings is 1. The summed E-state index contributed by atoms with van der Waals surface area (Å²) in [6.07, 6.45) is 3.15. The fourth-order valence-electron chi connectivity index (χ4n) is 3.44. The molecule has 6 heteroatoms. The Kier molecular flexibility index (Phi) is 4.81. The molecule has 23 heavy (non-hydrogen) atoms. The van der Waals surface area contributed by atoms with E-state index in [0.29, 0.717) is 18.5 Å². The first-order chi connectivity index (χ1) is 11.2. The maximum Gasteiger partial charge on any atom is 0.419 e. The van der Waals surface area contributed by atoms with E-state index in [1.54, 1.807) is 10.6 Å². The molecule has 3 rings (SSSR count). The topological polar surface area (TPSA) is 84.5 Å². The van der Waals surface area contributed by atoms with Crippen molar-refractivity contribution in [2.45, 2.75) is 32.2 Å². The molecule has 2 heterocycles. The van der Waals surface area contributed by atoms with E-state index in [2.05, 4.69) is 5.32 Å². The third-order valence-electron chi connectivity index (χ3n) is 4.71. The molecule has 0 saturated carbocycles. The minimum atomic E-state index is -0.704. The van der Waals surface area contributed by atoms with E-state index in [0.717, 1.165) is 37.9 Å². The van der Waals surface area contributed by atoms with Gasteiger partial charge in [-0.25, -0.2) is 4.79 Å². The molecule has 1 aromatic heterocycles. The molecule has 1 saturated heterocycles. The zero-order valence-electron chi connectivity index (χ0n) is 13.0. The number of benzene rings is 1. The first-order valence-electron chi connectivity index (χ1n) is 8.18. The van der Waals surface area contributed by atoms with Crippen LogP contribution in [0.25, 0.3) is 11.1 Å². The second-order valence-electron chi connectivity index (χ2n) is 6.18. The van der Waals surface area contributed by atoms with Gasteiger partial charge in [-0.15, -0.1) is 0 Å². The molecule has 2 aromatic rings. The second-order valence-corrected chi connectivity index (χ2v) is 6.18. The molecule has 1 aromatic carbocycles. The van der Waals surface area contributed by atoms with E-state index in [9.17, 15) is 14.7 Å². The van der Waals surface area contributed by atoms with Crippen LogP contribution in [0.4, 0.5) is 0 Å². The Morgan fingerprint density at radius 2 is 2.22 bits per heavy atom. The largest absolute Gasteiger partial charge is 0.481 e. The molecule has 0 radical (unpaired) electrons. The van der Waals surface area contributed by atoms with Crippen LogP contribution in [0.2, 0.25) is 0 Å². The normalized spacial score (nSPS) is 19.2. The number of nitrogens with zero attached hydrogens (tertiary/aromatic N) is 1. The van der Waals surface area contributed by atoms with E-state index in [1.165, 1.54) is 0 Å². The highest BCUT2D eigenvalue weighted by Crippen LogP contribution is 2.24. The summed E-state index contributed by atoms with van der Waals surface area (Å²) in [7, 11) is 0. The van der Waals surface area contributed by atoms with E-state index in [4.69, 9.17) is 4.42 Å². The first-order valence-corrected chi connectivity index (χ1v) is 8.18. The fourth-order valence-corrected chi connectivity index (χ4v) is 3.44. The van der Waals surface area contributed by atoms with Crippen LogP contribution >= 0.6 is 0 Å². The van der Waals surface area contributed by atoms with Crippen molar-refractivity contribution in [3.8, 4) is 0 Å². The third kappa shape index (κ3) is 3.47. The minimum Gasteiger partial charge on any atom is -0.481 e. The highest BCUT2D eigenvalue weighted by atomic mass is 16.4. The summed E-state index contributed by atoms with van der Waals surface area (Å²) in [4.78, 5) is 23.3. The molecule has 2 atom stereocenters. The molecule has 1 aliphatic heterocycles. The number of unbranched alkanes of at least 4 members (excludes halogenated alkanes) is 1. The number of hydrogen-bond acceptors (Lipinski definition) is 4. The molecular weight excluding hydrogens is 296 g/mol. The number of aromatic nitrogens is 1. The van der Waals surface area contributed by atoms with E-state index in [1.807, 2.05) is 18.2 Å². The van der Waals surface area contributed by atoms with Gasteiger partial charge in [0.25, 0.3) is 0 Å². The van der Waals surface area contributed by atoms with Crippen LogP contribution in [0.15, 0.2) is 33.5 Å². The average Bonchev–Trinajstić information content (AvgIpc) is 3.15. The molecule has 2 N–H and O–H groups in total. The Morgan fingerprint density at radius 3 is 2.96 bits per heavy atom. The molecule has 0 aliphatic carbocycles. The summed E-state index contributed by atoms with van der Waals surface area (Å²) in [5.41, 5.74) is 1.39. The van der Waals surface area contributed by atoms with Crippen molar-refractivity contribution in [3.05, 3.63) is 34.8 Å². The number of para-hydroxylation sites is 2. The molecule has 124 valence electrons. The van der Waals surface area contributed by atoms with Gasteiger partial charge in [-0.1, -0.05) is 18.6 Å². The van der Waals surface area contributed by atoms with Crippen molar-refractivity contribution in [1.82, 2.24) is 9.88 Å². The van der Waals surface area contributed by atoms with Crippen LogP contribution in [-0.4, -0.2) is 28.7 Å². The van der Waals surface area contributed by atoms with Crippen molar-refractivity contribution >= 4 is 17.1 Å². The zero-order chi connectivity index (χ0) is 16.2. The van der Waals surface area contributed by atoms with Gasteiger partial charge in [-0.05, 0) is 50.4 Å². The van der Waals surface area contributed by atoms with Crippen LogP contribution in [0.3, 0.4) is 0 Å². The van der Waals surface area contributed by atoms with Crippen LogP contribution in [-0.2, 0) is 11.3 Å². The molecular formula is C17H22N2O4. The standard InChI is InChI=1S/C17H22N2O4/c20-16(21)13(12-8-9-18-11-12)5-3-4-10-19-14-6-1-2-7-15(14)23-17(19)22/h1-2,6-7,12-13,18H,3-5,8-11H2,(H,20,21)/t12-,13-/m0/s1. The van der Waals surface area contributed by atoms with Gasteiger partial charge in [0.15, 0.2) is 5.58 Å². The number of aliphatic carboxylic acids is 1. The lowest BCUT2D eigenvalue weighted by atomic mass is 9.87. The third-order valence-corrected chi connectivity index (χ3v) is 4.71. The highest BCUT2D eigenvalue weighted by molar-refractivity contribution is 5.72. The number of hydrogen-bond donors (Lipinski definition) is 2. The molecule has 1 aliphatic rings. The van der Waals surface area contributed by atoms with Crippen molar-refractivity contribution in [1.29, 1.82) is 0 Å². The Balaban J connectivity index is 1.57. The quantitative estimate of drug-likeness (QED) is 0.764. The van der Waals surface area contributed by atoms with Gasteiger partial charge < -0.3 is 14.8 Å². The number of carboxylic acid groups (broad SMARTS) is 1. The van der Waals surface area contributed by atoms with Crippen molar-refractivity contribution in [2.24, 2.45) is 11.8 Å². The molecule has 0 spiro atoms. The molecule has 0 amide bonds. The summed E-state index contributed by atoms with van der Waals surface area (Å²) >= 11 is 0. The van der Waals surface area contributed by atoms with Crippen molar-refractivity contribution < 1.29 is 14.3 Å². The second kappa shape index (κ2) is 7.00. The lowest BCUT2D eigenvalue weighted by molar-refractivity contribution is -0.143. The number of carboxylic acids is 1.